The van der Waals surface area contributed by atoms with Crippen molar-refractivity contribution in [3.8, 4) is 0 Å². The average molecular weight is 144 g/mol. The van der Waals surface area contributed by atoms with Gasteiger partial charge in [0.15, 0.2) is 0 Å². The van der Waals surface area contributed by atoms with Crippen molar-refractivity contribution in [2.45, 2.75) is 12.5 Å². The predicted molar refractivity (Wildman–Crippen MR) is 32.2 cm³/mol. The lowest BCUT2D eigenvalue weighted by Gasteiger charge is -2.00. The molecule has 1 saturated heterocycles. The van der Waals surface area contributed by atoms with Crippen LogP contribution in [0.5, 0.6) is 0 Å². The number of nitrogens with one attached hydrogen (secondary N) is 2. The molecule has 0 aromatic rings. The first-order valence-electron chi connectivity index (χ1n) is 2.93. The molecule has 5 heteroatoms. The van der Waals surface area contributed by atoms with Crippen LogP contribution < -0.4 is 10.6 Å². The van der Waals surface area contributed by atoms with Gasteiger partial charge in [0, 0.05) is 0 Å². The Balaban J connectivity index is 2.40. The molecular formula is C5H8N2O3. The lowest BCUT2D eigenvalue weighted by molar-refractivity contribution is -0.139. The average Bonchev–Trinajstić information content (AvgIpc) is 2.15. The zero-order valence-electron chi connectivity index (χ0n) is 5.26. The van der Waals surface area contributed by atoms with Crippen LogP contribution in [-0.4, -0.2) is 29.7 Å². The van der Waals surface area contributed by atoms with Crippen LogP contribution in [0.25, 0.3) is 0 Å². The Morgan fingerprint density at radius 2 is 2.50 bits per heavy atom. The minimum absolute atomic E-state index is 0.147. The van der Waals surface area contributed by atoms with Gasteiger partial charge in [0.05, 0.1) is 19.1 Å². The fourth-order valence-corrected chi connectivity index (χ4v) is 0.817. The van der Waals surface area contributed by atoms with Crippen LogP contribution in [0.3, 0.4) is 0 Å². The molecule has 1 heterocycles. The summed E-state index contributed by atoms with van der Waals surface area (Å²) in [5.41, 5.74) is 0. The van der Waals surface area contributed by atoms with Crippen LogP contribution in [0.1, 0.15) is 6.42 Å². The van der Waals surface area contributed by atoms with Gasteiger partial charge in [0.2, 0.25) is 5.91 Å². The fraction of sp³-hybridized carbons (Fsp3) is 0.600. The van der Waals surface area contributed by atoms with Crippen molar-refractivity contribution in [3.63, 3.8) is 0 Å². The molecular weight excluding hydrogens is 136 g/mol. The van der Waals surface area contributed by atoms with Gasteiger partial charge < -0.3 is 10.4 Å². The van der Waals surface area contributed by atoms with Gasteiger partial charge in [-0.05, 0) is 0 Å². The molecule has 0 aromatic carbocycles. The Hall–Kier alpha value is -1.10. The van der Waals surface area contributed by atoms with Gasteiger partial charge in [0.25, 0.3) is 0 Å². The summed E-state index contributed by atoms with van der Waals surface area (Å²) >= 11 is 0. The number of hydrogen-bond acceptors (Lipinski definition) is 3. The number of carboxylic acid groups (broad SMARTS) is 1. The van der Waals surface area contributed by atoms with Crippen LogP contribution in [-0.2, 0) is 9.59 Å². The van der Waals surface area contributed by atoms with Crippen molar-refractivity contribution in [2.24, 2.45) is 0 Å². The molecule has 1 amide bonds. The second-order valence-electron chi connectivity index (χ2n) is 2.07. The standard InChI is InChI=1S/C5H8N2O3/c8-4(9)1-3-5(10)7-2-6-3/h3,6H,1-2H2,(H,7,10)(H,8,9). The van der Waals surface area contributed by atoms with Crippen molar-refractivity contribution in [1.82, 2.24) is 10.6 Å². The van der Waals surface area contributed by atoms with E-state index in [4.69, 9.17) is 5.11 Å². The Morgan fingerprint density at radius 3 is 2.90 bits per heavy atom. The minimum Gasteiger partial charge on any atom is -0.481 e. The summed E-state index contributed by atoms with van der Waals surface area (Å²) in [4.78, 5) is 20.8. The maximum absolute atomic E-state index is 10.7. The second-order valence-corrected chi connectivity index (χ2v) is 2.07. The summed E-state index contributed by atoms with van der Waals surface area (Å²) in [7, 11) is 0. The third kappa shape index (κ3) is 1.44. The molecule has 0 aliphatic carbocycles. The highest BCUT2D eigenvalue weighted by molar-refractivity contribution is 5.87. The van der Waals surface area contributed by atoms with E-state index in [1.165, 1.54) is 0 Å². The zero-order valence-corrected chi connectivity index (χ0v) is 5.26. The molecule has 3 N–H and O–H groups in total. The highest BCUT2D eigenvalue weighted by Crippen LogP contribution is 1.95. The Bertz CT molecular complexity index is 168. The summed E-state index contributed by atoms with van der Waals surface area (Å²) in [6, 6.07) is -0.544. The fourth-order valence-electron chi connectivity index (χ4n) is 0.817. The first-order valence-corrected chi connectivity index (χ1v) is 2.93. The van der Waals surface area contributed by atoms with E-state index in [1.807, 2.05) is 0 Å². The number of carbonyl (C=O) groups excluding carboxylic acids is 1. The van der Waals surface area contributed by atoms with Crippen molar-refractivity contribution in [1.29, 1.82) is 0 Å². The molecule has 0 spiro atoms. The van der Waals surface area contributed by atoms with E-state index in [0.717, 1.165) is 0 Å². The molecule has 10 heavy (non-hydrogen) atoms. The summed E-state index contributed by atoms with van der Waals surface area (Å²) < 4.78 is 0. The summed E-state index contributed by atoms with van der Waals surface area (Å²) in [5.74, 6) is -1.20. The van der Waals surface area contributed by atoms with E-state index in [-0.39, 0.29) is 12.3 Å². The van der Waals surface area contributed by atoms with Gasteiger partial charge in [-0.25, -0.2) is 0 Å². The second kappa shape index (κ2) is 2.66. The van der Waals surface area contributed by atoms with Gasteiger partial charge in [-0.15, -0.1) is 0 Å². The zero-order chi connectivity index (χ0) is 7.56. The first kappa shape index (κ1) is 7.01. The van der Waals surface area contributed by atoms with E-state index < -0.39 is 12.0 Å². The Labute approximate surface area is 57.4 Å². The number of carboxylic acids is 1. The third-order valence-electron chi connectivity index (χ3n) is 1.31. The number of amides is 1. The van der Waals surface area contributed by atoms with E-state index in [1.54, 1.807) is 0 Å². The maximum Gasteiger partial charge on any atom is 0.305 e. The van der Waals surface area contributed by atoms with Crippen LogP contribution >= 0.6 is 0 Å². The highest BCUT2D eigenvalue weighted by atomic mass is 16.4. The maximum atomic E-state index is 10.7. The van der Waals surface area contributed by atoms with Crippen LogP contribution in [0.4, 0.5) is 0 Å². The molecule has 1 rings (SSSR count). The van der Waals surface area contributed by atoms with E-state index in [0.29, 0.717) is 6.67 Å². The van der Waals surface area contributed by atoms with E-state index >= 15 is 0 Å². The normalized spacial score (nSPS) is 24.4. The molecule has 0 saturated carbocycles. The molecule has 1 atom stereocenters. The van der Waals surface area contributed by atoms with Crippen molar-refractivity contribution in [2.75, 3.05) is 6.67 Å². The van der Waals surface area contributed by atoms with Gasteiger partial charge in [-0.2, -0.15) is 0 Å². The van der Waals surface area contributed by atoms with Crippen molar-refractivity contribution in [3.05, 3.63) is 0 Å². The number of aliphatic carboxylic acids is 1. The lowest BCUT2D eigenvalue weighted by Crippen LogP contribution is -2.30. The van der Waals surface area contributed by atoms with Crippen LogP contribution in [0.15, 0.2) is 0 Å². The summed E-state index contributed by atoms with van der Waals surface area (Å²) in [6.45, 7) is 0.372. The molecule has 0 aromatic heterocycles. The molecule has 0 bridgehead atoms. The number of rotatable bonds is 2. The smallest absolute Gasteiger partial charge is 0.305 e. The van der Waals surface area contributed by atoms with Crippen molar-refractivity contribution >= 4 is 11.9 Å². The highest BCUT2D eigenvalue weighted by Gasteiger charge is 2.25. The summed E-state index contributed by atoms with van der Waals surface area (Å²) in [5, 5.41) is 13.4. The van der Waals surface area contributed by atoms with E-state index in [9.17, 15) is 9.59 Å². The van der Waals surface area contributed by atoms with Gasteiger partial charge in [0.1, 0.15) is 0 Å². The van der Waals surface area contributed by atoms with E-state index in [2.05, 4.69) is 10.6 Å². The number of hydrogen-bond donors (Lipinski definition) is 3. The minimum atomic E-state index is -0.963. The third-order valence-corrected chi connectivity index (χ3v) is 1.31. The molecule has 0 radical (unpaired) electrons. The molecule has 1 aliphatic heterocycles. The summed E-state index contributed by atoms with van der Waals surface area (Å²) in [6.07, 6.45) is -0.147. The Morgan fingerprint density at radius 1 is 1.80 bits per heavy atom. The monoisotopic (exact) mass is 144 g/mol. The van der Waals surface area contributed by atoms with Gasteiger partial charge in [-0.1, -0.05) is 0 Å². The topological polar surface area (TPSA) is 78.4 Å². The van der Waals surface area contributed by atoms with Crippen LogP contribution in [0.2, 0.25) is 0 Å². The molecule has 1 unspecified atom stereocenters. The molecule has 1 fully saturated rings. The predicted octanol–water partition coefficient (Wildman–Crippen LogP) is -1.49. The first-order chi connectivity index (χ1) is 4.70. The Kier molecular flexibility index (Phi) is 1.86. The largest absolute Gasteiger partial charge is 0.481 e. The van der Waals surface area contributed by atoms with Gasteiger partial charge in [-0.3, -0.25) is 14.9 Å². The molecule has 1 aliphatic rings. The van der Waals surface area contributed by atoms with Crippen LogP contribution in [0, 0.1) is 0 Å². The lowest BCUT2D eigenvalue weighted by atomic mass is 10.2. The number of carbonyl (C=O) groups is 2. The van der Waals surface area contributed by atoms with Crippen molar-refractivity contribution < 1.29 is 14.7 Å². The molecule has 5 nitrogen and oxygen atoms in total. The SMILES string of the molecule is O=C(O)CC1NCNC1=O. The molecule has 56 valence electrons. The quantitative estimate of drug-likeness (QED) is 0.441. The van der Waals surface area contributed by atoms with Gasteiger partial charge >= 0.3 is 5.97 Å².